The molecule has 2 saturated heterocycles. The number of rotatable bonds is 6. The summed E-state index contributed by atoms with van der Waals surface area (Å²) in [7, 11) is 0. The topological polar surface area (TPSA) is 111 Å². The Hall–Kier alpha value is -4.00. The van der Waals surface area contributed by atoms with Crippen LogP contribution in [0.4, 0.5) is 33.3 Å². The molecule has 2 N–H and O–H groups in total. The number of nitrogens with zero attached hydrogens (tertiary/aromatic N) is 8. The molecule has 0 saturated carbocycles. The number of halogens is 1. The number of nitriles is 1. The Morgan fingerprint density at radius 3 is 2.74 bits per heavy atom. The molecule has 4 heterocycles. The third kappa shape index (κ3) is 3.94. The van der Waals surface area contributed by atoms with Crippen LogP contribution < -0.4 is 15.5 Å². The minimum atomic E-state index is -0.482. The first-order valence-corrected chi connectivity index (χ1v) is 11.1. The molecule has 174 valence electrons. The fraction of sp³-hybridized carbons (Fsp3) is 0.409. The summed E-state index contributed by atoms with van der Waals surface area (Å²) in [4.78, 5) is 16.4. The van der Waals surface area contributed by atoms with Crippen molar-refractivity contribution in [1.29, 1.82) is 5.26 Å². The van der Waals surface area contributed by atoms with Gasteiger partial charge in [0.15, 0.2) is 11.6 Å². The molecule has 0 aliphatic carbocycles. The van der Waals surface area contributed by atoms with E-state index in [1.54, 1.807) is 6.07 Å². The van der Waals surface area contributed by atoms with E-state index in [9.17, 15) is 5.26 Å². The molecule has 2 fully saturated rings. The predicted molar refractivity (Wildman–Crippen MR) is 124 cm³/mol. The van der Waals surface area contributed by atoms with E-state index in [2.05, 4.69) is 41.5 Å². The van der Waals surface area contributed by atoms with Crippen molar-refractivity contribution >= 4 is 34.6 Å². The number of fused-ring (bicyclic) bond motifs is 1. The second-order valence-electron chi connectivity index (χ2n) is 8.09. The summed E-state index contributed by atoms with van der Waals surface area (Å²) in [5.41, 5.74) is 1.19. The van der Waals surface area contributed by atoms with Gasteiger partial charge in [-0.25, -0.2) is 9.37 Å². The van der Waals surface area contributed by atoms with Gasteiger partial charge in [0.05, 0.1) is 48.5 Å². The summed E-state index contributed by atoms with van der Waals surface area (Å²) in [6, 6.07) is 5.56. The van der Waals surface area contributed by atoms with Crippen LogP contribution in [0, 0.1) is 23.7 Å². The van der Waals surface area contributed by atoms with Crippen molar-refractivity contribution in [2.75, 3.05) is 61.5 Å². The van der Waals surface area contributed by atoms with Gasteiger partial charge in [-0.15, -0.1) is 4.52 Å². The third-order valence-corrected chi connectivity index (χ3v) is 6.02. The fourth-order valence-electron chi connectivity index (χ4n) is 4.16. The molecular formula is C22H23FN10O. The molecule has 0 atom stereocenters. The lowest BCUT2D eigenvalue weighted by molar-refractivity contribution is -0.0660. The summed E-state index contributed by atoms with van der Waals surface area (Å²) >= 11 is 0. The number of nitrogens with one attached hydrogen (secondary N) is 2. The standard InChI is InChI=1S/C22H23FN10O/c1-3-26-20-21-27-11-18(25-2)33(21)30-22(29-20)28-16-8-14(10-24)9-17(19(16)23)32-6-4-31(5-7-32)15-12-34-13-15/h8-9,11,15H,3-7,12-13H2,1H3,(H2,26,28,29,30). The van der Waals surface area contributed by atoms with E-state index in [4.69, 9.17) is 11.3 Å². The first kappa shape index (κ1) is 21.8. The molecule has 0 bridgehead atoms. The van der Waals surface area contributed by atoms with Crippen LogP contribution in [0.2, 0.25) is 0 Å². The van der Waals surface area contributed by atoms with Crippen LogP contribution in [-0.4, -0.2) is 76.5 Å². The summed E-state index contributed by atoms with van der Waals surface area (Å²) in [5.74, 6) is 0.231. The van der Waals surface area contributed by atoms with E-state index >= 15 is 4.39 Å². The smallest absolute Gasteiger partial charge is 0.275 e. The lowest BCUT2D eigenvalue weighted by Gasteiger charge is -2.43. The van der Waals surface area contributed by atoms with E-state index in [0.717, 1.165) is 26.3 Å². The molecule has 11 nitrogen and oxygen atoms in total. The van der Waals surface area contributed by atoms with Gasteiger partial charge in [0.1, 0.15) is 0 Å². The molecule has 34 heavy (non-hydrogen) atoms. The third-order valence-electron chi connectivity index (χ3n) is 6.02. The maximum absolute atomic E-state index is 15.7. The van der Waals surface area contributed by atoms with Crippen molar-refractivity contribution in [1.82, 2.24) is 24.5 Å². The van der Waals surface area contributed by atoms with E-state index < -0.39 is 5.82 Å². The van der Waals surface area contributed by atoms with Crippen molar-refractivity contribution in [3.63, 3.8) is 0 Å². The minimum Gasteiger partial charge on any atom is -0.378 e. The van der Waals surface area contributed by atoms with Gasteiger partial charge < -0.3 is 25.1 Å². The first-order valence-electron chi connectivity index (χ1n) is 11.1. The highest BCUT2D eigenvalue weighted by molar-refractivity contribution is 5.71. The second kappa shape index (κ2) is 9.09. The Morgan fingerprint density at radius 2 is 2.09 bits per heavy atom. The summed E-state index contributed by atoms with van der Waals surface area (Å²) in [5, 5.41) is 19.9. The molecule has 5 rings (SSSR count). The molecular weight excluding hydrogens is 439 g/mol. The second-order valence-corrected chi connectivity index (χ2v) is 8.09. The lowest BCUT2D eigenvalue weighted by atomic mass is 10.1. The highest BCUT2D eigenvalue weighted by atomic mass is 19.1. The Kier molecular flexibility index (Phi) is 5.84. The van der Waals surface area contributed by atoms with Crippen molar-refractivity contribution in [2.45, 2.75) is 13.0 Å². The molecule has 2 aromatic heterocycles. The zero-order valence-electron chi connectivity index (χ0n) is 18.6. The zero-order chi connectivity index (χ0) is 23.7. The van der Waals surface area contributed by atoms with Gasteiger partial charge in [-0.05, 0) is 19.1 Å². The molecule has 2 aliphatic rings. The van der Waals surface area contributed by atoms with Gasteiger partial charge >= 0.3 is 0 Å². The Morgan fingerprint density at radius 1 is 1.29 bits per heavy atom. The van der Waals surface area contributed by atoms with Crippen LogP contribution in [0.3, 0.4) is 0 Å². The number of imidazole rings is 1. The van der Waals surface area contributed by atoms with Crippen LogP contribution in [-0.2, 0) is 4.74 Å². The largest absolute Gasteiger partial charge is 0.378 e. The number of benzene rings is 1. The molecule has 1 aromatic carbocycles. The minimum absolute atomic E-state index is 0.0843. The van der Waals surface area contributed by atoms with Gasteiger partial charge in [0, 0.05) is 32.7 Å². The van der Waals surface area contributed by atoms with Crippen molar-refractivity contribution in [2.24, 2.45) is 0 Å². The maximum atomic E-state index is 15.7. The molecule has 3 aromatic rings. The van der Waals surface area contributed by atoms with E-state index in [-0.39, 0.29) is 17.5 Å². The maximum Gasteiger partial charge on any atom is 0.275 e. The van der Waals surface area contributed by atoms with Gasteiger partial charge in [0.2, 0.25) is 0 Å². The Balaban J connectivity index is 1.46. The predicted octanol–water partition coefficient (Wildman–Crippen LogP) is 2.38. The van der Waals surface area contributed by atoms with E-state index in [1.807, 2.05) is 11.8 Å². The van der Waals surface area contributed by atoms with Crippen LogP contribution in [0.1, 0.15) is 12.5 Å². The van der Waals surface area contributed by atoms with Crippen molar-refractivity contribution in [3.05, 3.63) is 41.1 Å². The van der Waals surface area contributed by atoms with Gasteiger partial charge in [-0.1, -0.05) is 11.7 Å². The van der Waals surface area contributed by atoms with Gasteiger partial charge in [-0.3, -0.25) is 4.90 Å². The summed E-state index contributed by atoms with van der Waals surface area (Å²) < 4.78 is 22.3. The summed E-state index contributed by atoms with van der Waals surface area (Å²) in [6.07, 6.45) is 1.41. The van der Waals surface area contributed by atoms with E-state index in [1.165, 1.54) is 16.8 Å². The molecule has 2 aliphatic heterocycles. The van der Waals surface area contributed by atoms with Crippen LogP contribution in [0.15, 0.2) is 18.3 Å². The Labute approximate surface area is 195 Å². The highest BCUT2D eigenvalue weighted by Crippen LogP contribution is 2.31. The quantitative estimate of drug-likeness (QED) is 0.534. The van der Waals surface area contributed by atoms with Crippen molar-refractivity contribution in [3.8, 4) is 6.07 Å². The highest BCUT2D eigenvalue weighted by Gasteiger charge is 2.30. The normalized spacial score (nSPS) is 16.6. The number of piperazine rings is 1. The lowest BCUT2D eigenvalue weighted by Crippen LogP contribution is -2.56. The van der Waals surface area contributed by atoms with Gasteiger partial charge in [-0.2, -0.15) is 10.2 Å². The van der Waals surface area contributed by atoms with Gasteiger partial charge in [0.25, 0.3) is 17.4 Å². The SMILES string of the molecule is [C-]#[N+]c1cnc2c(NCC)nc(Nc3cc(C#N)cc(N4CCN(C5COC5)CC4)c3F)nn12. The number of hydrogen-bond acceptors (Lipinski definition) is 9. The van der Waals surface area contributed by atoms with Crippen molar-refractivity contribution < 1.29 is 9.13 Å². The molecule has 12 heteroatoms. The number of anilines is 4. The Bertz CT molecular complexity index is 1300. The molecule has 0 spiro atoms. The van der Waals surface area contributed by atoms with E-state index in [0.29, 0.717) is 48.4 Å². The number of hydrogen-bond donors (Lipinski definition) is 2. The van der Waals surface area contributed by atoms with Crippen LogP contribution >= 0.6 is 0 Å². The number of ether oxygens (including phenoxy) is 1. The molecule has 0 radical (unpaired) electrons. The molecule has 0 unspecified atom stereocenters. The summed E-state index contributed by atoms with van der Waals surface area (Å²) in [6.45, 7) is 14.2. The van der Waals surface area contributed by atoms with Crippen LogP contribution in [0.5, 0.6) is 0 Å². The first-order chi connectivity index (χ1) is 16.6. The number of aromatic nitrogens is 4. The average Bonchev–Trinajstić information content (AvgIpc) is 3.23. The van der Waals surface area contributed by atoms with Crippen LogP contribution in [0.25, 0.3) is 10.5 Å². The fourth-order valence-corrected chi connectivity index (χ4v) is 4.16. The zero-order valence-corrected chi connectivity index (χ0v) is 18.6. The average molecular weight is 462 g/mol. The monoisotopic (exact) mass is 462 g/mol. The molecule has 0 amide bonds.